The van der Waals surface area contributed by atoms with E-state index in [1.54, 1.807) is 0 Å². The third-order valence-electron chi connectivity index (χ3n) is 12.2. The lowest BCUT2D eigenvalue weighted by Gasteiger charge is -2.14. The summed E-state index contributed by atoms with van der Waals surface area (Å²) in [5, 5.41) is 4.57. The maximum absolute atomic E-state index is 4.81. The molecule has 4 nitrogen and oxygen atoms in total. The van der Waals surface area contributed by atoms with Crippen molar-refractivity contribution in [2.24, 2.45) is 0 Å². The van der Waals surface area contributed by atoms with E-state index in [0.717, 1.165) is 77.6 Å². The lowest BCUT2D eigenvalue weighted by atomic mass is 9.91. The van der Waals surface area contributed by atoms with Crippen molar-refractivity contribution >= 4 is 43.6 Å². The smallest absolute Gasteiger partial charge is 0.0970 e. The summed E-state index contributed by atoms with van der Waals surface area (Å²) in [6.07, 6.45) is 8.19. The summed E-state index contributed by atoms with van der Waals surface area (Å²) in [6.45, 7) is 0. The van der Waals surface area contributed by atoms with Gasteiger partial charge in [-0.2, -0.15) is 0 Å². The fraction of sp³-hybridized carbons (Fsp3) is 0. The van der Waals surface area contributed by atoms with Crippen molar-refractivity contribution in [3.05, 3.63) is 231 Å². The van der Waals surface area contributed by atoms with Crippen LogP contribution in [-0.4, -0.2) is 19.1 Å². The molecule has 12 aromatic rings. The third-order valence-corrected chi connectivity index (χ3v) is 12.2. The molecule has 0 aliphatic carbocycles. The Kier molecular flexibility index (Phi) is 8.46. The predicted octanol–water partition coefficient (Wildman–Crippen LogP) is 15.0. The Labute approximate surface area is 359 Å². The van der Waals surface area contributed by atoms with Gasteiger partial charge in [-0.1, -0.05) is 121 Å². The molecule has 0 saturated carbocycles. The molecule has 0 radical (unpaired) electrons. The third kappa shape index (κ3) is 6.16. The number of rotatable bonds is 7. The van der Waals surface area contributed by atoms with Gasteiger partial charge in [-0.25, -0.2) is 0 Å². The second-order valence-corrected chi connectivity index (χ2v) is 15.9. The molecule has 290 valence electrons. The Morgan fingerprint density at radius 2 is 0.935 bits per heavy atom. The predicted molar refractivity (Wildman–Crippen MR) is 258 cm³/mol. The van der Waals surface area contributed by atoms with Crippen LogP contribution in [0.1, 0.15) is 0 Å². The standard InChI is InChI=1S/C58H38N4/c1-3-13-39(14-4-1)42-16-10-21-50(35-42)62-38-54(51-22-7-8-24-55(51)62)48-33-46(32-47(34-48)43-26-25-40-27-30-61(56(40)37-43)49-19-5-2-6-20-49)41-15-9-17-44(31-41)53-36-45-18-11-28-59-57(45)58-52(53)23-12-29-60-58/h1-38H. The molecule has 8 aromatic carbocycles. The Morgan fingerprint density at radius 3 is 1.79 bits per heavy atom. The van der Waals surface area contributed by atoms with Crippen LogP contribution in [0.2, 0.25) is 0 Å². The van der Waals surface area contributed by atoms with E-state index in [-0.39, 0.29) is 0 Å². The summed E-state index contributed by atoms with van der Waals surface area (Å²) in [4.78, 5) is 9.53. The molecule has 0 aliphatic rings. The second kappa shape index (κ2) is 14.7. The Bertz CT molecular complexity index is 3640. The van der Waals surface area contributed by atoms with Crippen LogP contribution in [0.25, 0.3) is 111 Å². The van der Waals surface area contributed by atoms with Crippen molar-refractivity contribution in [1.29, 1.82) is 0 Å². The van der Waals surface area contributed by atoms with Crippen LogP contribution in [0.15, 0.2) is 231 Å². The molecule has 12 rings (SSSR count). The molecular weight excluding hydrogens is 753 g/mol. The van der Waals surface area contributed by atoms with Crippen molar-refractivity contribution < 1.29 is 0 Å². The molecule has 62 heavy (non-hydrogen) atoms. The number of aromatic nitrogens is 4. The quantitative estimate of drug-likeness (QED) is 0.151. The zero-order chi connectivity index (χ0) is 41.0. The van der Waals surface area contributed by atoms with Crippen LogP contribution >= 0.6 is 0 Å². The first kappa shape index (κ1) is 35.6. The van der Waals surface area contributed by atoms with Crippen LogP contribution in [0.4, 0.5) is 0 Å². The van der Waals surface area contributed by atoms with Crippen molar-refractivity contribution in [3.8, 4) is 67.0 Å². The van der Waals surface area contributed by atoms with E-state index in [0.29, 0.717) is 0 Å². The van der Waals surface area contributed by atoms with Gasteiger partial charge in [-0.15, -0.1) is 0 Å². The average molecular weight is 791 g/mol. The zero-order valence-corrected chi connectivity index (χ0v) is 33.7. The van der Waals surface area contributed by atoms with Crippen molar-refractivity contribution in [3.63, 3.8) is 0 Å². The summed E-state index contributed by atoms with van der Waals surface area (Å²) in [6, 6.07) is 74.4. The second-order valence-electron chi connectivity index (χ2n) is 15.9. The van der Waals surface area contributed by atoms with Gasteiger partial charge in [0.15, 0.2) is 0 Å². The van der Waals surface area contributed by atoms with Crippen LogP contribution in [0, 0.1) is 0 Å². The topological polar surface area (TPSA) is 35.6 Å². The molecule has 0 spiro atoms. The monoisotopic (exact) mass is 790 g/mol. The highest BCUT2D eigenvalue weighted by Crippen LogP contribution is 2.41. The number of para-hydroxylation sites is 2. The summed E-state index contributed by atoms with van der Waals surface area (Å²) in [7, 11) is 0. The maximum atomic E-state index is 4.81. The highest BCUT2D eigenvalue weighted by molar-refractivity contribution is 6.10. The van der Waals surface area contributed by atoms with Crippen LogP contribution in [0.3, 0.4) is 0 Å². The van der Waals surface area contributed by atoms with Crippen LogP contribution in [-0.2, 0) is 0 Å². The van der Waals surface area contributed by atoms with Crippen molar-refractivity contribution in [2.75, 3.05) is 0 Å². The summed E-state index contributed by atoms with van der Waals surface area (Å²) in [5.74, 6) is 0. The lowest BCUT2D eigenvalue weighted by Crippen LogP contribution is -1.92. The summed E-state index contributed by atoms with van der Waals surface area (Å²) in [5.41, 5.74) is 18.0. The fourth-order valence-corrected chi connectivity index (χ4v) is 9.21. The molecule has 0 bridgehead atoms. The van der Waals surface area contributed by atoms with Crippen LogP contribution < -0.4 is 0 Å². The van der Waals surface area contributed by atoms with Crippen molar-refractivity contribution in [1.82, 2.24) is 19.1 Å². The van der Waals surface area contributed by atoms with E-state index in [9.17, 15) is 0 Å². The largest absolute Gasteiger partial charge is 0.317 e. The fourth-order valence-electron chi connectivity index (χ4n) is 9.21. The molecule has 4 heteroatoms. The van der Waals surface area contributed by atoms with E-state index in [1.807, 2.05) is 24.5 Å². The SMILES string of the molecule is c1ccc(-c2cccc(-n3cc(-c4cc(-c5cccc(-c6cc7cccnc7c7ncccc67)c5)cc(-c5ccc6ccn(-c7ccccc7)c6c5)c4)c4ccccc43)c2)cc1. The minimum atomic E-state index is 0.914. The van der Waals surface area contributed by atoms with Gasteiger partial charge in [0.25, 0.3) is 0 Å². The van der Waals surface area contributed by atoms with Gasteiger partial charge in [0.2, 0.25) is 0 Å². The van der Waals surface area contributed by atoms with E-state index in [1.165, 1.54) is 33.0 Å². The molecule has 0 aliphatic heterocycles. The van der Waals surface area contributed by atoms with Crippen molar-refractivity contribution in [2.45, 2.75) is 0 Å². The lowest BCUT2D eigenvalue weighted by molar-refractivity contribution is 1.13. The van der Waals surface area contributed by atoms with Gasteiger partial charge >= 0.3 is 0 Å². The number of hydrogen-bond acceptors (Lipinski definition) is 2. The first-order valence-electron chi connectivity index (χ1n) is 21.0. The van der Waals surface area contributed by atoms with Gasteiger partial charge in [0, 0.05) is 57.9 Å². The Hall–Kier alpha value is -8.34. The van der Waals surface area contributed by atoms with E-state index in [2.05, 4.69) is 216 Å². The number of pyridine rings is 2. The number of hydrogen-bond donors (Lipinski definition) is 0. The first-order valence-corrected chi connectivity index (χ1v) is 21.0. The van der Waals surface area contributed by atoms with Gasteiger partial charge in [-0.3, -0.25) is 9.97 Å². The minimum absolute atomic E-state index is 0.914. The molecule has 0 saturated heterocycles. The highest BCUT2D eigenvalue weighted by atomic mass is 15.0. The summed E-state index contributed by atoms with van der Waals surface area (Å²) < 4.78 is 4.62. The zero-order valence-electron chi connectivity index (χ0n) is 33.7. The van der Waals surface area contributed by atoms with Gasteiger partial charge in [-0.05, 0) is 140 Å². The molecule has 4 heterocycles. The van der Waals surface area contributed by atoms with Crippen LogP contribution in [0.5, 0.6) is 0 Å². The average Bonchev–Trinajstić information content (AvgIpc) is 3.96. The van der Waals surface area contributed by atoms with E-state index >= 15 is 0 Å². The molecule has 0 N–H and O–H groups in total. The molecular formula is C58H38N4. The van der Waals surface area contributed by atoms with Gasteiger partial charge in [0.05, 0.1) is 22.1 Å². The normalized spacial score (nSPS) is 11.5. The number of benzene rings is 8. The minimum Gasteiger partial charge on any atom is -0.317 e. The molecule has 0 atom stereocenters. The first-order chi connectivity index (χ1) is 30.7. The number of fused-ring (bicyclic) bond motifs is 5. The maximum Gasteiger partial charge on any atom is 0.0970 e. The highest BCUT2D eigenvalue weighted by Gasteiger charge is 2.17. The van der Waals surface area contributed by atoms with E-state index in [4.69, 9.17) is 9.97 Å². The Balaban J connectivity index is 1.06. The molecule has 0 unspecified atom stereocenters. The number of nitrogens with zero attached hydrogens (tertiary/aromatic N) is 4. The van der Waals surface area contributed by atoms with Gasteiger partial charge in [0.1, 0.15) is 0 Å². The molecule has 0 amide bonds. The Morgan fingerprint density at radius 1 is 0.306 bits per heavy atom. The van der Waals surface area contributed by atoms with Gasteiger partial charge < -0.3 is 9.13 Å². The summed E-state index contributed by atoms with van der Waals surface area (Å²) >= 11 is 0. The van der Waals surface area contributed by atoms with E-state index < -0.39 is 0 Å². The molecule has 0 fully saturated rings. The molecule has 4 aromatic heterocycles.